The molecule has 0 spiro atoms. The van der Waals surface area contributed by atoms with Crippen LogP contribution >= 0.6 is 0 Å². The Labute approximate surface area is 147 Å². The molecule has 0 bridgehead atoms. The summed E-state index contributed by atoms with van der Waals surface area (Å²) < 4.78 is 16.1. The van der Waals surface area contributed by atoms with E-state index in [1.165, 1.54) is 6.08 Å². The van der Waals surface area contributed by atoms with Gasteiger partial charge in [-0.25, -0.2) is 4.79 Å². The van der Waals surface area contributed by atoms with Crippen molar-refractivity contribution >= 4 is 12.0 Å². The average molecular weight is 342 g/mol. The van der Waals surface area contributed by atoms with Crippen molar-refractivity contribution in [2.45, 2.75) is 19.8 Å². The van der Waals surface area contributed by atoms with E-state index in [0.29, 0.717) is 23.7 Å². The number of unbranched alkanes of at least 4 members (excludes halogenated alkanes) is 1. The van der Waals surface area contributed by atoms with Crippen LogP contribution in [0.5, 0.6) is 17.2 Å². The van der Waals surface area contributed by atoms with Crippen molar-refractivity contribution in [2.24, 2.45) is 0 Å². The number of carbonyl (C=O) groups is 1. The summed E-state index contributed by atoms with van der Waals surface area (Å²) in [7, 11) is 1.56. The molecule has 0 aromatic heterocycles. The fourth-order valence-corrected chi connectivity index (χ4v) is 2.05. The fraction of sp³-hybridized carbons (Fsp3) is 0.250. The molecular formula is C20H22O5. The third kappa shape index (κ3) is 5.88. The number of carboxylic acid groups (broad SMARTS) is 1. The van der Waals surface area contributed by atoms with E-state index in [2.05, 4.69) is 6.92 Å². The minimum atomic E-state index is -1.14. The first-order valence-electron chi connectivity index (χ1n) is 8.12. The molecule has 0 amide bonds. The molecule has 0 saturated heterocycles. The SMILES string of the molecule is CCCCOc1ccc(C=C(Oc2ccc(OC)cc2)C(=O)O)cc1. The van der Waals surface area contributed by atoms with Crippen LogP contribution in [0.25, 0.3) is 6.08 Å². The number of benzene rings is 2. The van der Waals surface area contributed by atoms with E-state index in [0.717, 1.165) is 18.6 Å². The van der Waals surface area contributed by atoms with Crippen LogP contribution < -0.4 is 14.2 Å². The van der Waals surface area contributed by atoms with Crippen LogP contribution in [0.2, 0.25) is 0 Å². The van der Waals surface area contributed by atoms with Crippen LogP contribution in [0, 0.1) is 0 Å². The van der Waals surface area contributed by atoms with Gasteiger partial charge in [0.25, 0.3) is 0 Å². The normalized spacial score (nSPS) is 11.0. The lowest BCUT2D eigenvalue weighted by Crippen LogP contribution is -2.07. The van der Waals surface area contributed by atoms with Gasteiger partial charge in [-0.1, -0.05) is 25.5 Å². The van der Waals surface area contributed by atoms with Crippen LogP contribution in [0.3, 0.4) is 0 Å². The molecule has 0 saturated carbocycles. The van der Waals surface area contributed by atoms with Gasteiger partial charge in [-0.15, -0.1) is 0 Å². The Morgan fingerprint density at radius 2 is 1.60 bits per heavy atom. The molecule has 2 aromatic carbocycles. The molecule has 0 aliphatic carbocycles. The molecule has 5 nitrogen and oxygen atoms in total. The van der Waals surface area contributed by atoms with Gasteiger partial charge in [0.05, 0.1) is 13.7 Å². The molecule has 2 rings (SSSR count). The highest BCUT2D eigenvalue weighted by Crippen LogP contribution is 2.21. The van der Waals surface area contributed by atoms with Crippen LogP contribution in [0.4, 0.5) is 0 Å². The Bertz CT molecular complexity index is 702. The van der Waals surface area contributed by atoms with Crippen LogP contribution in [-0.2, 0) is 4.79 Å². The molecule has 0 atom stereocenters. The van der Waals surface area contributed by atoms with Crippen LogP contribution in [0.15, 0.2) is 54.3 Å². The van der Waals surface area contributed by atoms with E-state index in [1.54, 1.807) is 43.5 Å². The number of aliphatic carboxylic acids is 1. The number of hydrogen-bond acceptors (Lipinski definition) is 4. The van der Waals surface area contributed by atoms with E-state index in [9.17, 15) is 9.90 Å². The lowest BCUT2D eigenvalue weighted by Gasteiger charge is -2.08. The third-order valence-corrected chi connectivity index (χ3v) is 3.44. The summed E-state index contributed by atoms with van der Waals surface area (Å²) in [5.41, 5.74) is 0.716. The molecule has 0 aliphatic rings. The summed E-state index contributed by atoms with van der Waals surface area (Å²) >= 11 is 0. The van der Waals surface area contributed by atoms with Gasteiger partial charge in [-0.05, 0) is 54.5 Å². The Balaban J connectivity index is 2.08. The van der Waals surface area contributed by atoms with Gasteiger partial charge in [0.1, 0.15) is 17.2 Å². The fourth-order valence-electron chi connectivity index (χ4n) is 2.05. The molecule has 1 N–H and O–H groups in total. The highest BCUT2D eigenvalue weighted by Gasteiger charge is 2.11. The maximum Gasteiger partial charge on any atom is 0.371 e. The number of ether oxygens (including phenoxy) is 3. The summed E-state index contributed by atoms with van der Waals surface area (Å²) in [6.45, 7) is 2.78. The summed E-state index contributed by atoms with van der Waals surface area (Å²) in [4.78, 5) is 11.4. The standard InChI is InChI=1S/C20H22O5/c1-3-4-13-24-17-7-5-15(6-8-17)14-19(20(21)22)25-18-11-9-16(23-2)10-12-18/h5-12,14H,3-4,13H2,1-2H3,(H,21,22). The molecule has 0 heterocycles. The Kier molecular flexibility index (Phi) is 6.89. The van der Waals surface area contributed by atoms with E-state index >= 15 is 0 Å². The topological polar surface area (TPSA) is 65.0 Å². The Hall–Kier alpha value is -2.95. The molecule has 0 aliphatic heterocycles. The number of hydrogen-bond donors (Lipinski definition) is 1. The van der Waals surface area contributed by atoms with Crippen molar-refractivity contribution in [3.05, 3.63) is 59.9 Å². The second-order valence-corrected chi connectivity index (χ2v) is 5.36. The van der Waals surface area contributed by atoms with Crippen molar-refractivity contribution in [3.63, 3.8) is 0 Å². The molecule has 0 unspecified atom stereocenters. The number of carboxylic acids is 1. The van der Waals surface area contributed by atoms with Crippen LogP contribution in [-0.4, -0.2) is 24.8 Å². The zero-order valence-corrected chi connectivity index (χ0v) is 14.4. The zero-order chi connectivity index (χ0) is 18.1. The highest BCUT2D eigenvalue weighted by atomic mass is 16.5. The lowest BCUT2D eigenvalue weighted by atomic mass is 10.2. The average Bonchev–Trinajstić information content (AvgIpc) is 2.63. The Morgan fingerprint density at radius 3 is 2.16 bits per heavy atom. The van der Waals surface area contributed by atoms with E-state index in [4.69, 9.17) is 14.2 Å². The largest absolute Gasteiger partial charge is 0.497 e. The predicted octanol–water partition coefficient (Wildman–Crippen LogP) is 4.38. The molecule has 2 aromatic rings. The van der Waals surface area contributed by atoms with E-state index < -0.39 is 5.97 Å². The summed E-state index contributed by atoms with van der Waals surface area (Å²) in [5, 5.41) is 9.35. The highest BCUT2D eigenvalue weighted by molar-refractivity contribution is 5.90. The molecule has 0 fully saturated rings. The maximum absolute atomic E-state index is 11.4. The van der Waals surface area contributed by atoms with Crippen molar-refractivity contribution in [1.29, 1.82) is 0 Å². The first kappa shape index (κ1) is 18.4. The molecular weight excluding hydrogens is 320 g/mol. The van der Waals surface area contributed by atoms with Gasteiger partial charge in [-0.2, -0.15) is 0 Å². The summed E-state index contributed by atoms with van der Waals surface area (Å²) in [6, 6.07) is 13.9. The molecule has 25 heavy (non-hydrogen) atoms. The van der Waals surface area contributed by atoms with E-state index in [-0.39, 0.29) is 5.76 Å². The minimum absolute atomic E-state index is 0.162. The van der Waals surface area contributed by atoms with Gasteiger partial charge < -0.3 is 19.3 Å². The van der Waals surface area contributed by atoms with Crippen molar-refractivity contribution < 1.29 is 24.1 Å². The van der Waals surface area contributed by atoms with Gasteiger partial charge in [0.2, 0.25) is 5.76 Å². The second kappa shape index (κ2) is 9.37. The lowest BCUT2D eigenvalue weighted by molar-refractivity contribution is -0.134. The molecule has 5 heteroatoms. The van der Waals surface area contributed by atoms with Gasteiger partial charge in [0.15, 0.2) is 0 Å². The summed E-state index contributed by atoms with van der Waals surface area (Å²) in [5.74, 6) is 0.559. The second-order valence-electron chi connectivity index (χ2n) is 5.36. The van der Waals surface area contributed by atoms with Crippen molar-refractivity contribution in [2.75, 3.05) is 13.7 Å². The molecule has 132 valence electrons. The minimum Gasteiger partial charge on any atom is -0.497 e. The first-order valence-corrected chi connectivity index (χ1v) is 8.12. The van der Waals surface area contributed by atoms with Gasteiger partial charge in [0, 0.05) is 0 Å². The first-order chi connectivity index (χ1) is 12.1. The zero-order valence-electron chi connectivity index (χ0n) is 14.4. The number of methoxy groups -OCH3 is 1. The molecule has 0 radical (unpaired) electrons. The predicted molar refractivity (Wildman–Crippen MR) is 96.1 cm³/mol. The monoisotopic (exact) mass is 342 g/mol. The van der Waals surface area contributed by atoms with Crippen LogP contribution in [0.1, 0.15) is 25.3 Å². The van der Waals surface area contributed by atoms with E-state index in [1.807, 2.05) is 12.1 Å². The summed E-state index contributed by atoms with van der Waals surface area (Å²) in [6.07, 6.45) is 3.55. The van der Waals surface area contributed by atoms with Gasteiger partial charge >= 0.3 is 5.97 Å². The Morgan fingerprint density at radius 1 is 1.00 bits per heavy atom. The van der Waals surface area contributed by atoms with Crippen molar-refractivity contribution in [3.8, 4) is 17.2 Å². The third-order valence-electron chi connectivity index (χ3n) is 3.44. The quantitative estimate of drug-likeness (QED) is 0.416. The van der Waals surface area contributed by atoms with Crippen molar-refractivity contribution in [1.82, 2.24) is 0 Å². The maximum atomic E-state index is 11.4. The number of rotatable bonds is 9. The van der Waals surface area contributed by atoms with Gasteiger partial charge in [-0.3, -0.25) is 0 Å². The smallest absolute Gasteiger partial charge is 0.371 e.